The highest BCUT2D eigenvalue weighted by Gasteiger charge is 2.22. The lowest BCUT2D eigenvalue weighted by atomic mass is 10.1. The number of piperazine rings is 1. The maximum atomic E-state index is 12.7. The van der Waals surface area contributed by atoms with Gasteiger partial charge in [-0.3, -0.25) is 19.4 Å². The third-order valence-electron chi connectivity index (χ3n) is 4.88. The largest absolute Gasteiger partial charge is 0.454 e. The standard InChI is InChI=1S/C20H20N4O5/c25-12-23-5-7-24(8-6-23)20(27)15-3-4-21-16(10-15)19(26)22-11-14-1-2-17-18(9-14)29-13-28-17/h1-4,9-10,12H,5-8,11,13H2,(H,22,26). The molecule has 9 heteroatoms. The van der Waals surface area contributed by atoms with Gasteiger partial charge in [0, 0.05) is 44.5 Å². The van der Waals surface area contributed by atoms with Crippen LogP contribution >= 0.6 is 0 Å². The third kappa shape index (κ3) is 4.13. The van der Waals surface area contributed by atoms with E-state index < -0.39 is 0 Å². The van der Waals surface area contributed by atoms with E-state index in [0.717, 1.165) is 12.0 Å². The number of carbonyl (C=O) groups excluding carboxylic acids is 3. The average Bonchev–Trinajstić information content (AvgIpc) is 3.25. The minimum atomic E-state index is -0.372. The number of hydrogen-bond acceptors (Lipinski definition) is 6. The first kappa shape index (κ1) is 18.7. The molecule has 0 aliphatic carbocycles. The molecule has 29 heavy (non-hydrogen) atoms. The van der Waals surface area contributed by atoms with E-state index in [0.29, 0.717) is 49.8 Å². The molecule has 3 amide bonds. The lowest BCUT2D eigenvalue weighted by Crippen LogP contribution is -2.48. The zero-order chi connectivity index (χ0) is 20.2. The molecule has 1 aromatic heterocycles. The number of benzene rings is 1. The third-order valence-corrected chi connectivity index (χ3v) is 4.88. The number of fused-ring (bicyclic) bond motifs is 1. The van der Waals surface area contributed by atoms with Crippen LogP contribution in [-0.4, -0.2) is 66.0 Å². The van der Waals surface area contributed by atoms with Crippen LogP contribution in [-0.2, 0) is 11.3 Å². The van der Waals surface area contributed by atoms with Gasteiger partial charge in [-0.1, -0.05) is 6.07 Å². The molecule has 0 saturated carbocycles. The maximum absolute atomic E-state index is 12.7. The fourth-order valence-electron chi connectivity index (χ4n) is 3.22. The van der Waals surface area contributed by atoms with Crippen LogP contribution in [0.2, 0.25) is 0 Å². The molecule has 0 bridgehead atoms. The summed E-state index contributed by atoms with van der Waals surface area (Å²) in [7, 11) is 0. The van der Waals surface area contributed by atoms with Gasteiger partial charge in [0.2, 0.25) is 13.2 Å². The van der Waals surface area contributed by atoms with Crippen molar-refractivity contribution in [2.75, 3.05) is 33.0 Å². The SMILES string of the molecule is O=CN1CCN(C(=O)c2ccnc(C(=O)NCc3ccc4c(c3)OCO4)c2)CC1. The van der Waals surface area contributed by atoms with Crippen molar-refractivity contribution in [1.29, 1.82) is 0 Å². The van der Waals surface area contributed by atoms with E-state index in [2.05, 4.69) is 10.3 Å². The number of pyridine rings is 1. The summed E-state index contributed by atoms with van der Waals surface area (Å²) in [6.45, 7) is 2.42. The van der Waals surface area contributed by atoms with Gasteiger partial charge in [0.15, 0.2) is 11.5 Å². The van der Waals surface area contributed by atoms with Gasteiger partial charge in [-0.15, -0.1) is 0 Å². The molecular formula is C20H20N4O5. The van der Waals surface area contributed by atoms with Gasteiger partial charge in [-0.05, 0) is 29.8 Å². The smallest absolute Gasteiger partial charge is 0.270 e. The first-order valence-electron chi connectivity index (χ1n) is 9.25. The molecule has 0 spiro atoms. The van der Waals surface area contributed by atoms with E-state index in [1.807, 2.05) is 12.1 Å². The van der Waals surface area contributed by atoms with Gasteiger partial charge in [-0.2, -0.15) is 0 Å². The monoisotopic (exact) mass is 396 g/mol. The first-order valence-corrected chi connectivity index (χ1v) is 9.25. The normalized spacial score (nSPS) is 15.2. The van der Waals surface area contributed by atoms with Crippen molar-refractivity contribution in [3.05, 3.63) is 53.3 Å². The van der Waals surface area contributed by atoms with Gasteiger partial charge in [0.05, 0.1) is 0 Å². The summed E-state index contributed by atoms with van der Waals surface area (Å²) in [5.41, 5.74) is 1.43. The van der Waals surface area contributed by atoms with E-state index in [9.17, 15) is 14.4 Å². The number of aromatic nitrogens is 1. The Hall–Kier alpha value is -3.62. The Balaban J connectivity index is 1.38. The molecule has 2 aliphatic heterocycles. The Morgan fingerprint density at radius 1 is 1.07 bits per heavy atom. The van der Waals surface area contributed by atoms with Crippen molar-refractivity contribution in [3.8, 4) is 11.5 Å². The number of hydrogen-bond donors (Lipinski definition) is 1. The predicted octanol–water partition coefficient (Wildman–Crippen LogP) is 0.654. The van der Waals surface area contributed by atoms with Gasteiger partial charge in [-0.25, -0.2) is 0 Å². The second-order valence-corrected chi connectivity index (χ2v) is 6.73. The van der Waals surface area contributed by atoms with Crippen LogP contribution in [0.4, 0.5) is 0 Å². The topological polar surface area (TPSA) is 101 Å². The van der Waals surface area contributed by atoms with Crippen LogP contribution < -0.4 is 14.8 Å². The molecule has 2 aliphatic rings. The maximum Gasteiger partial charge on any atom is 0.270 e. The van der Waals surface area contributed by atoms with Crippen LogP contribution in [0.15, 0.2) is 36.5 Å². The quantitative estimate of drug-likeness (QED) is 0.745. The van der Waals surface area contributed by atoms with Crippen molar-refractivity contribution in [2.24, 2.45) is 0 Å². The Labute approximate surface area is 167 Å². The summed E-state index contributed by atoms with van der Waals surface area (Å²) in [4.78, 5) is 43.4. The van der Waals surface area contributed by atoms with Gasteiger partial charge >= 0.3 is 0 Å². The fraction of sp³-hybridized carbons (Fsp3) is 0.300. The van der Waals surface area contributed by atoms with E-state index in [4.69, 9.17) is 9.47 Å². The highest BCUT2D eigenvalue weighted by molar-refractivity contribution is 5.98. The van der Waals surface area contributed by atoms with E-state index >= 15 is 0 Å². The summed E-state index contributed by atoms with van der Waals surface area (Å²) >= 11 is 0. The molecule has 2 aromatic rings. The van der Waals surface area contributed by atoms with Crippen molar-refractivity contribution in [3.63, 3.8) is 0 Å². The molecule has 0 radical (unpaired) electrons. The number of ether oxygens (including phenoxy) is 2. The number of rotatable bonds is 5. The molecule has 4 rings (SSSR count). The molecular weight excluding hydrogens is 376 g/mol. The molecule has 1 saturated heterocycles. The van der Waals surface area contributed by atoms with Crippen LogP contribution in [0.3, 0.4) is 0 Å². The summed E-state index contributed by atoms with van der Waals surface area (Å²) in [5, 5.41) is 2.80. The van der Waals surface area contributed by atoms with Crippen molar-refractivity contribution < 1.29 is 23.9 Å². The molecule has 1 aromatic carbocycles. The van der Waals surface area contributed by atoms with E-state index in [1.54, 1.807) is 21.9 Å². The van der Waals surface area contributed by atoms with Crippen molar-refractivity contribution in [1.82, 2.24) is 20.1 Å². The highest BCUT2D eigenvalue weighted by atomic mass is 16.7. The van der Waals surface area contributed by atoms with Gasteiger partial charge in [0.1, 0.15) is 5.69 Å². The zero-order valence-corrected chi connectivity index (χ0v) is 15.7. The predicted molar refractivity (Wildman–Crippen MR) is 102 cm³/mol. The molecule has 1 fully saturated rings. The fourth-order valence-corrected chi connectivity index (χ4v) is 3.22. The molecule has 3 heterocycles. The molecule has 150 valence electrons. The van der Waals surface area contributed by atoms with Crippen LogP contribution in [0.25, 0.3) is 0 Å². The Morgan fingerprint density at radius 2 is 1.86 bits per heavy atom. The molecule has 9 nitrogen and oxygen atoms in total. The van der Waals surface area contributed by atoms with Crippen LogP contribution in [0, 0.1) is 0 Å². The van der Waals surface area contributed by atoms with Crippen molar-refractivity contribution >= 4 is 18.2 Å². The summed E-state index contributed by atoms with van der Waals surface area (Å²) in [6, 6.07) is 8.54. The van der Waals surface area contributed by atoms with E-state index in [-0.39, 0.29) is 24.3 Å². The Bertz CT molecular complexity index is 940. The molecule has 0 atom stereocenters. The summed E-state index contributed by atoms with van der Waals surface area (Å²) in [5.74, 6) is 0.782. The minimum absolute atomic E-state index is 0.170. The van der Waals surface area contributed by atoms with Crippen molar-refractivity contribution in [2.45, 2.75) is 6.54 Å². The minimum Gasteiger partial charge on any atom is -0.454 e. The highest BCUT2D eigenvalue weighted by Crippen LogP contribution is 2.32. The second-order valence-electron chi connectivity index (χ2n) is 6.73. The second kappa shape index (κ2) is 8.17. The number of carbonyl (C=O) groups is 3. The Morgan fingerprint density at radius 3 is 2.66 bits per heavy atom. The summed E-state index contributed by atoms with van der Waals surface area (Å²) < 4.78 is 10.6. The first-order chi connectivity index (χ1) is 14.1. The molecule has 0 unspecified atom stereocenters. The summed E-state index contributed by atoms with van der Waals surface area (Å²) in [6.07, 6.45) is 2.24. The number of nitrogens with one attached hydrogen (secondary N) is 1. The number of amides is 3. The molecule has 1 N–H and O–H groups in total. The van der Waals surface area contributed by atoms with E-state index in [1.165, 1.54) is 12.3 Å². The Kier molecular flexibility index (Phi) is 5.28. The number of nitrogens with zero attached hydrogens (tertiary/aromatic N) is 3. The van der Waals surface area contributed by atoms with Crippen LogP contribution in [0.5, 0.6) is 11.5 Å². The van der Waals surface area contributed by atoms with Gasteiger partial charge < -0.3 is 24.6 Å². The van der Waals surface area contributed by atoms with Gasteiger partial charge in [0.25, 0.3) is 11.8 Å². The zero-order valence-electron chi connectivity index (χ0n) is 15.7. The lowest BCUT2D eigenvalue weighted by Gasteiger charge is -2.32. The lowest BCUT2D eigenvalue weighted by molar-refractivity contribution is -0.119. The average molecular weight is 396 g/mol. The van der Waals surface area contributed by atoms with Crippen LogP contribution in [0.1, 0.15) is 26.4 Å².